The molecule has 0 atom stereocenters. The molecule has 19 heavy (non-hydrogen) atoms. The number of carboxylic acids is 1. The highest BCUT2D eigenvalue weighted by molar-refractivity contribution is 5.91. The van der Waals surface area contributed by atoms with Gasteiger partial charge in [-0.2, -0.15) is 4.98 Å². The second-order valence-electron chi connectivity index (χ2n) is 3.67. The number of nitrogen functional groups attached to an aromatic ring is 2. The smallest absolute Gasteiger partial charge is 0.339 e. The summed E-state index contributed by atoms with van der Waals surface area (Å²) in [4.78, 5) is 17.9. The molecule has 0 radical (unpaired) electrons. The lowest BCUT2D eigenvalue weighted by Gasteiger charge is -2.07. The van der Waals surface area contributed by atoms with Crippen molar-refractivity contribution in [1.82, 2.24) is 9.97 Å². The molecule has 98 valence electrons. The molecule has 6 N–H and O–H groups in total. The van der Waals surface area contributed by atoms with Crippen LogP contribution in [-0.4, -0.2) is 26.2 Å². The first-order valence-corrected chi connectivity index (χ1v) is 5.05. The number of nitrogens with two attached hydrogens (primary N) is 2. The summed E-state index contributed by atoms with van der Waals surface area (Å²) in [5, 5.41) is 18.3. The van der Waals surface area contributed by atoms with Crippen LogP contribution in [0.25, 0.3) is 11.3 Å². The highest BCUT2D eigenvalue weighted by atomic mass is 19.1. The van der Waals surface area contributed by atoms with Gasteiger partial charge in [0.15, 0.2) is 11.6 Å². The Bertz CT molecular complexity index is 675. The maximum Gasteiger partial charge on any atom is 0.339 e. The lowest BCUT2D eigenvalue weighted by atomic mass is 10.1. The van der Waals surface area contributed by atoms with Crippen LogP contribution in [0, 0.1) is 5.82 Å². The molecule has 0 bridgehead atoms. The summed E-state index contributed by atoms with van der Waals surface area (Å²) in [5.74, 6) is -3.36. The first-order valence-electron chi connectivity index (χ1n) is 5.05. The van der Waals surface area contributed by atoms with Gasteiger partial charge >= 0.3 is 5.97 Å². The van der Waals surface area contributed by atoms with E-state index in [1.54, 1.807) is 0 Å². The van der Waals surface area contributed by atoms with Gasteiger partial charge in [-0.1, -0.05) is 6.07 Å². The van der Waals surface area contributed by atoms with Gasteiger partial charge in [-0.15, -0.1) is 0 Å². The van der Waals surface area contributed by atoms with Gasteiger partial charge in [0.2, 0.25) is 5.95 Å². The maximum atomic E-state index is 13.8. The van der Waals surface area contributed by atoms with E-state index in [-0.39, 0.29) is 22.8 Å². The molecule has 0 saturated carbocycles. The molecule has 1 aromatic heterocycles. The average molecular weight is 264 g/mol. The fourth-order valence-corrected chi connectivity index (χ4v) is 1.53. The summed E-state index contributed by atoms with van der Waals surface area (Å²) in [6, 6.07) is 3.47. The van der Waals surface area contributed by atoms with Gasteiger partial charge < -0.3 is 21.7 Å². The fraction of sp³-hybridized carbons (Fsp3) is 0. The van der Waals surface area contributed by atoms with Crippen LogP contribution in [0.1, 0.15) is 10.4 Å². The van der Waals surface area contributed by atoms with Crippen molar-refractivity contribution < 1.29 is 19.4 Å². The van der Waals surface area contributed by atoms with Gasteiger partial charge in [0.05, 0.1) is 0 Å². The Hall–Kier alpha value is -2.90. The van der Waals surface area contributed by atoms with Crippen LogP contribution in [0.15, 0.2) is 18.2 Å². The Morgan fingerprint density at radius 1 is 1.26 bits per heavy atom. The summed E-state index contributed by atoms with van der Waals surface area (Å²) < 4.78 is 13.8. The summed E-state index contributed by atoms with van der Waals surface area (Å²) in [7, 11) is 0. The van der Waals surface area contributed by atoms with Crippen LogP contribution >= 0.6 is 0 Å². The van der Waals surface area contributed by atoms with Crippen molar-refractivity contribution in [2.24, 2.45) is 0 Å². The molecular formula is C11H9FN4O3. The number of aromatic hydroxyl groups is 1. The van der Waals surface area contributed by atoms with E-state index < -0.39 is 23.4 Å². The van der Waals surface area contributed by atoms with Crippen molar-refractivity contribution in [1.29, 1.82) is 0 Å². The van der Waals surface area contributed by atoms with Crippen molar-refractivity contribution in [2.75, 3.05) is 11.5 Å². The monoisotopic (exact) mass is 264 g/mol. The Kier molecular flexibility index (Phi) is 2.91. The predicted molar refractivity (Wildman–Crippen MR) is 64.9 cm³/mol. The molecule has 0 saturated heterocycles. The normalized spacial score (nSPS) is 10.4. The van der Waals surface area contributed by atoms with Gasteiger partial charge in [0, 0.05) is 5.56 Å². The second kappa shape index (κ2) is 4.41. The molecule has 0 aliphatic rings. The molecule has 0 unspecified atom stereocenters. The highest BCUT2D eigenvalue weighted by Gasteiger charge is 2.16. The first-order chi connectivity index (χ1) is 8.90. The standard InChI is InChI=1S/C11H9FN4O3/c12-7-8(15-11(14)16-9(7)13)4-1-2-5(10(18)19)6(17)3-4/h1-3,17H,(H,18,19)(H4,13,14,15,16). The number of benzene rings is 1. The van der Waals surface area contributed by atoms with Crippen molar-refractivity contribution in [2.45, 2.75) is 0 Å². The van der Waals surface area contributed by atoms with Crippen molar-refractivity contribution >= 4 is 17.7 Å². The van der Waals surface area contributed by atoms with Crippen molar-refractivity contribution in [3.63, 3.8) is 0 Å². The minimum atomic E-state index is -1.30. The Balaban J connectivity index is 2.60. The van der Waals surface area contributed by atoms with E-state index in [0.717, 1.165) is 12.1 Å². The molecule has 2 rings (SSSR count). The van der Waals surface area contributed by atoms with E-state index in [4.69, 9.17) is 16.6 Å². The first kappa shape index (κ1) is 12.6. The van der Waals surface area contributed by atoms with Crippen LogP contribution in [-0.2, 0) is 0 Å². The maximum absolute atomic E-state index is 13.8. The largest absolute Gasteiger partial charge is 0.507 e. The number of carboxylic acid groups (broad SMARTS) is 1. The number of halogens is 1. The number of phenols is 1. The lowest BCUT2D eigenvalue weighted by molar-refractivity contribution is 0.0694. The Morgan fingerprint density at radius 3 is 2.53 bits per heavy atom. The zero-order valence-electron chi connectivity index (χ0n) is 9.46. The SMILES string of the molecule is Nc1nc(N)c(F)c(-c2ccc(C(=O)O)c(O)c2)n1. The summed E-state index contributed by atoms with van der Waals surface area (Å²) in [6.07, 6.45) is 0. The van der Waals surface area contributed by atoms with Gasteiger partial charge in [-0.25, -0.2) is 14.2 Å². The third-order valence-corrected chi connectivity index (χ3v) is 2.40. The molecule has 0 aliphatic carbocycles. The molecule has 0 aliphatic heterocycles. The van der Waals surface area contributed by atoms with Crippen LogP contribution in [0.2, 0.25) is 0 Å². The van der Waals surface area contributed by atoms with Crippen LogP contribution in [0.3, 0.4) is 0 Å². The molecule has 0 fully saturated rings. The van der Waals surface area contributed by atoms with E-state index in [0.29, 0.717) is 0 Å². The number of nitrogens with zero attached hydrogens (tertiary/aromatic N) is 2. The van der Waals surface area contributed by atoms with E-state index in [1.807, 2.05) is 0 Å². The molecule has 0 amide bonds. The Labute approximate surface area is 106 Å². The van der Waals surface area contributed by atoms with Gasteiger partial charge in [0.25, 0.3) is 0 Å². The Morgan fingerprint density at radius 2 is 1.95 bits per heavy atom. The molecule has 1 aromatic carbocycles. The van der Waals surface area contributed by atoms with E-state index in [2.05, 4.69) is 9.97 Å². The fourth-order valence-electron chi connectivity index (χ4n) is 1.53. The van der Waals surface area contributed by atoms with E-state index in [1.165, 1.54) is 6.07 Å². The topological polar surface area (TPSA) is 135 Å². The molecule has 7 nitrogen and oxygen atoms in total. The summed E-state index contributed by atoms with van der Waals surface area (Å²) >= 11 is 0. The number of aromatic carboxylic acids is 1. The zero-order valence-corrected chi connectivity index (χ0v) is 9.46. The zero-order chi connectivity index (χ0) is 14.2. The molecule has 2 aromatic rings. The van der Waals surface area contributed by atoms with E-state index >= 15 is 0 Å². The quantitative estimate of drug-likeness (QED) is 0.631. The number of hydrogen-bond acceptors (Lipinski definition) is 6. The molecule has 8 heteroatoms. The van der Waals surface area contributed by atoms with Crippen LogP contribution in [0.4, 0.5) is 16.2 Å². The van der Waals surface area contributed by atoms with Crippen LogP contribution < -0.4 is 11.5 Å². The van der Waals surface area contributed by atoms with Crippen molar-refractivity contribution in [3.8, 4) is 17.0 Å². The van der Waals surface area contributed by atoms with Gasteiger partial charge in [0.1, 0.15) is 17.0 Å². The summed E-state index contributed by atoms with van der Waals surface area (Å²) in [5.41, 5.74) is 10.3. The lowest BCUT2D eigenvalue weighted by Crippen LogP contribution is -2.05. The second-order valence-corrected chi connectivity index (χ2v) is 3.67. The van der Waals surface area contributed by atoms with E-state index in [9.17, 15) is 14.3 Å². The number of aromatic nitrogens is 2. The number of hydrogen-bond donors (Lipinski definition) is 4. The number of carbonyl (C=O) groups is 1. The molecular weight excluding hydrogens is 255 g/mol. The third kappa shape index (κ3) is 2.23. The highest BCUT2D eigenvalue weighted by Crippen LogP contribution is 2.28. The van der Waals surface area contributed by atoms with Crippen LogP contribution in [0.5, 0.6) is 5.75 Å². The third-order valence-electron chi connectivity index (χ3n) is 2.40. The number of anilines is 2. The minimum Gasteiger partial charge on any atom is -0.507 e. The number of rotatable bonds is 2. The van der Waals surface area contributed by atoms with Gasteiger partial charge in [-0.3, -0.25) is 0 Å². The minimum absolute atomic E-state index is 0.140. The molecule has 0 spiro atoms. The van der Waals surface area contributed by atoms with Crippen molar-refractivity contribution in [3.05, 3.63) is 29.6 Å². The van der Waals surface area contributed by atoms with Gasteiger partial charge in [-0.05, 0) is 12.1 Å². The predicted octanol–water partition coefficient (Wildman–Crippen LogP) is 0.851. The summed E-state index contributed by atoms with van der Waals surface area (Å²) in [6.45, 7) is 0. The molecule has 1 heterocycles. The average Bonchev–Trinajstić information content (AvgIpc) is 2.33.